The van der Waals surface area contributed by atoms with E-state index < -0.39 is 10.0 Å². The highest BCUT2D eigenvalue weighted by atomic mass is 32.2. The second-order valence-electron chi connectivity index (χ2n) is 7.77. The molecule has 0 aliphatic carbocycles. The molecule has 1 saturated heterocycles. The van der Waals surface area contributed by atoms with Crippen LogP contribution in [0.5, 0.6) is 5.75 Å². The van der Waals surface area contributed by atoms with Gasteiger partial charge in [-0.15, -0.1) is 11.3 Å². The Morgan fingerprint density at radius 2 is 1.75 bits per heavy atom. The first-order valence-corrected chi connectivity index (χ1v) is 12.8. The Morgan fingerprint density at radius 3 is 2.38 bits per heavy atom. The first-order chi connectivity index (χ1) is 15.3. The molecule has 2 aromatic carbocycles. The van der Waals surface area contributed by atoms with E-state index in [0.29, 0.717) is 16.3 Å². The molecule has 0 bridgehead atoms. The molecule has 0 atom stereocenters. The average molecular weight is 474 g/mol. The van der Waals surface area contributed by atoms with Gasteiger partial charge >= 0.3 is 0 Å². The molecule has 0 spiro atoms. The Balaban J connectivity index is 1.62. The van der Waals surface area contributed by atoms with Crippen LogP contribution < -0.4 is 9.04 Å². The molecule has 1 aliphatic rings. The van der Waals surface area contributed by atoms with E-state index in [-0.39, 0.29) is 17.3 Å². The monoisotopic (exact) mass is 473 g/mol. The third-order valence-corrected chi connectivity index (χ3v) is 8.75. The van der Waals surface area contributed by atoms with Gasteiger partial charge < -0.3 is 14.5 Å². The molecule has 170 valence electrons. The fraction of sp³-hybridized carbons (Fsp3) is 0.348. The minimum absolute atomic E-state index is 0.0408. The highest BCUT2D eigenvalue weighted by Crippen LogP contribution is 2.32. The zero-order chi connectivity index (χ0) is 22.9. The summed E-state index contributed by atoms with van der Waals surface area (Å²) in [6.07, 6.45) is 0. The van der Waals surface area contributed by atoms with E-state index in [2.05, 4.69) is 11.9 Å². The highest BCUT2D eigenvalue weighted by molar-refractivity contribution is 7.92. The second kappa shape index (κ2) is 9.09. The van der Waals surface area contributed by atoms with Crippen molar-refractivity contribution in [3.8, 4) is 5.75 Å². The Morgan fingerprint density at radius 1 is 1.06 bits per heavy atom. The van der Waals surface area contributed by atoms with Crippen molar-refractivity contribution in [3.63, 3.8) is 0 Å². The van der Waals surface area contributed by atoms with Gasteiger partial charge in [0.25, 0.3) is 15.9 Å². The number of benzene rings is 2. The summed E-state index contributed by atoms with van der Waals surface area (Å²) in [6, 6.07) is 13.8. The number of rotatable bonds is 6. The number of likely N-dealkylation sites (N-methyl/N-ethyl adjacent to an activating group) is 1. The molecule has 2 heterocycles. The number of hydrogen-bond donors (Lipinski definition) is 0. The molecule has 9 heteroatoms. The zero-order valence-corrected chi connectivity index (χ0v) is 20.1. The van der Waals surface area contributed by atoms with Crippen LogP contribution in [0.1, 0.15) is 16.6 Å². The van der Waals surface area contributed by atoms with Crippen LogP contribution in [0, 0.1) is 0 Å². The largest absolute Gasteiger partial charge is 0.497 e. The number of carbonyl (C=O) groups excluding carboxylic acids is 1. The van der Waals surface area contributed by atoms with Crippen LogP contribution >= 0.6 is 11.3 Å². The van der Waals surface area contributed by atoms with Crippen molar-refractivity contribution >= 4 is 43.0 Å². The van der Waals surface area contributed by atoms with E-state index in [0.717, 1.165) is 36.3 Å². The number of methoxy groups -OCH3 is 1. The van der Waals surface area contributed by atoms with Crippen LogP contribution in [-0.4, -0.2) is 71.0 Å². The third-order valence-electron chi connectivity index (χ3n) is 5.72. The minimum atomic E-state index is -3.73. The normalized spacial score (nSPS) is 15.2. The number of fused-ring (bicyclic) bond motifs is 1. The Kier molecular flexibility index (Phi) is 6.41. The van der Waals surface area contributed by atoms with Gasteiger partial charge in [-0.05, 0) is 67.9 Å². The van der Waals surface area contributed by atoms with E-state index in [1.54, 1.807) is 44.4 Å². The van der Waals surface area contributed by atoms with E-state index >= 15 is 0 Å². The minimum Gasteiger partial charge on any atom is -0.497 e. The topological polar surface area (TPSA) is 70.2 Å². The predicted octanol–water partition coefficient (Wildman–Crippen LogP) is 3.51. The van der Waals surface area contributed by atoms with Gasteiger partial charge in [0, 0.05) is 37.4 Å². The summed E-state index contributed by atoms with van der Waals surface area (Å²) in [5.41, 5.74) is 0.576. The number of anilines is 1. The Bertz CT molecular complexity index is 1210. The number of ether oxygens (including phenoxy) is 1. The number of nitrogens with zero attached hydrogens (tertiary/aromatic N) is 3. The van der Waals surface area contributed by atoms with Crippen LogP contribution in [0.2, 0.25) is 0 Å². The van der Waals surface area contributed by atoms with Crippen molar-refractivity contribution in [2.75, 3.05) is 51.2 Å². The summed E-state index contributed by atoms with van der Waals surface area (Å²) in [5, 5.41) is 0.869. The summed E-state index contributed by atoms with van der Waals surface area (Å²) < 4.78 is 34.0. The lowest BCUT2D eigenvalue weighted by Crippen LogP contribution is -2.46. The van der Waals surface area contributed by atoms with Crippen molar-refractivity contribution < 1.29 is 17.9 Å². The second-order valence-corrected chi connectivity index (χ2v) is 10.7. The Labute approximate surface area is 192 Å². The molecule has 0 N–H and O–H groups in total. The summed E-state index contributed by atoms with van der Waals surface area (Å²) in [4.78, 5) is 17.9. The molecular formula is C23H27N3O4S2. The number of sulfonamides is 1. The number of hydrogen-bond acceptors (Lipinski definition) is 6. The molecule has 1 aromatic heterocycles. The fourth-order valence-corrected chi connectivity index (χ4v) is 6.30. The van der Waals surface area contributed by atoms with E-state index in [4.69, 9.17) is 4.74 Å². The SMILES string of the molecule is CCN(c1ccc2sc(C(=O)N3CCN(C)CC3)cc2c1)S(=O)(=O)c1ccc(OC)cc1. The molecule has 32 heavy (non-hydrogen) atoms. The first-order valence-electron chi connectivity index (χ1n) is 10.5. The van der Waals surface area contributed by atoms with E-state index in [9.17, 15) is 13.2 Å². The van der Waals surface area contributed by atoms with Gasteiger partial charge in [-0.2, -0.15) is 0 Å². The maximum absolute atomic E-state index is 13.3. The lowest BCUT2D eigenvalue weighted by Gasteiger charge is -2.32. The van der Waals surface area contributed by atoms with Crippen molar-refractivity contribution in [2.45, 2.75) is 11.8 Å². The van der Waals surface area contributed by atoms with Gasteiger partial charge in [0.05, 0.1) is 22.6 Å². The van der Waals surface area contributed by atoms with Crippen molar-refractivity contribution in [2.24, 2.45) is 0 Å². The number of piperazine rings is 1. The third kappa shape index (κ3) is 4.32. The van der Waals surface area contributed by atoms with Crippen LogP contribution in [0.4, 0.5) is 5.69 Å². The van der Waals surface area contributed by atoms with E-state index in [1.165, 1.54) is 15.6 Å². The molecule has 1 amide bonds. The lowest BCUT2D eigenvalue weighted by atomic mass is 10.2. The molecule has 4 rings (SSSR count). The molecule has 3 aromatic rings. The maximum Gasteiger partial charge on any atom is 0.264 e. The number of thiophene rings is 1. The van der Waals surface area contributed by atoms with Gasteiger partial charge in [0.2, 0.25) is 0 Å². The fourth-order valence-electron chi connectivity index (χ4n) is 3.82. The van der Waals surface area contributed by atoms with Crippen LogP contribution in [0.15, 0.2) is 53.4 Å². The molecule has 0 radical (unpaired) electrons. The molecule has 0 unspecified atom stereocenters. The van der Waals surface area contributed by atoms with Crippen LogP contribution in [-0.2, 0) is 10.0 Å². The molecule has 0 saturated carbocycles. The maximum atomic E-state index is 13.3. The van der Waals surface area contributed by atoms with Gasteiger partial charge in [-0.3, -0.25) is 9.10 Å². The molecule has 1 fully saturated rings. The quantitative estimate of drug-likeness (QED) is 0.548. The highest BCUT2D eigenvalue weighted by Gasteiger charge is 2.25. The van der Waals surface area contributed by atoms with Crippen molar-refractivity contribution in [1.82, 2.24) is 9.80 Å². The standard InChI is InChI=1S/C23H27N3O4S2/c1-4-26(32(28,29)20-8-6-19(30-3)7-9-20)18-5-10-21-17(15-18)16-22(31-21)23(27)25-13-11-24(2)12-14-25/h5-10,15-16H,4,11-14H2,1-3H3. The van der Waals surface area contributed by atoms with Gasteiger partial charge in [0.1, 0.15) is 5.75 Å². The van der Waals surface area contributed by atoms with Crippen molar-refractivity contribution in [1.29, 1.82) is 0 Å². The predicted molar refractivity (Wildman–Crippen MR) is 128 cm³/mol. The summed E-state index contributed by atoms with van der Waals surface area (Å²) in [7, 11) is -0.128. The molecular weight excluding hydrogens is 446 g/mol. The van der Waals surface area contributed by atoms with Gasteiger partial charge in [-0.1, -0.05) is 0 Å². The summed E-state index contributed by atoms with van der Waals surface area (Å²) in [6.45, 7) is 5.28. The smallest absolute Gasteiger partial charge is 0.264 e. The van der Waals surface area contributed by atoms with Crippen LogP contribution in [0.25, 0.3) is 10.1 Å². The Hall–Kier alpha value is -2.62. The molecule has 1 aliphatic heterocycles. The van der Waals surface area contributed by atoms with Crippen molar-refractivity contribution in [3.05, 3.63) is 53.4 Å². The first kappa shape index (κ1) is 22.6. The molecule has 7 nitrogen and oxygen atoms in total. The van der Waals surface area contributed by atoms with E-state index in [1.807, 2.05) is 23.1 Å². The average Bonchev–Trinajstić information content (AvgIpc) is 3.23. The summed E-state index contributed by atoms with van der Waals surface area (Å²) >= 11 is 1.45. The number of amides is 1. The zero-order valence-electron chi connectivity index (χ0n) is 18.4. The van der Waals surface area contributed by atoms with Gasteiger partial charge in [-0.25, -0.2) is 8.42 Å². The number of carbonyl (C=O) groups is 1. The lowest BCUT2D eigenvalue weighted by molar-refractivity contribution is 0.0669. The van der Waals surface area contributed by atoms with Crippen LogP contribution in [0.3, 0.4) is 0 Å². The summed E-state index contributed by atoms with van der Waals surface area (Å²) in [5.74, 6) is 0.642. The van der Waals surface area contributed by atoms with Gasteiger partial charge in [0.15, 0.2) is 0 Å².